The zero-order chi connectivity index (χ0) is 19.8. The predicted molar refractivity (Wildman–Crippen MR) is 105 cm³/mol. The molecule has 0 aromatic heterocycles. The third kappa shape index (κ3) is 4.37. The van der Waals surface area contributed by atoms with Crippen molar-refractivity contribution in [1.29, 1.82) is 0 Å². The van der Waals surface area contributed by atoms with Gasteiger partial charge in [-0.25, -0.2) is 8.42 Å². The number of hydrogen-bond donors (Lipinski definition) is 2. The minimum atomic E-state index is -4.05. The Hall–Kier alpha value is -2.24. The Morgan fingerprint density at radius 1 is 1.19 bits per heavy atom. The summed E-state index contributed by atoms with van der Waals surface area (Å²) in [6.07, 6.45) is 0. The van der Waals surface area contributed by atoms with Crippen molar-refractivity contribution >= 4 is 58.9 Å². The highest BCUT2D eigenvalue weighted by Crippen LogP contribution is 2.30. The number of benzene rings is 2. The summed E-state index contributed by atoms with van der Waals surface area (Å²) in [5.41, 5.74) is 0.682. The van der Waals surface area contributed by atoms with E-state index in [1.54, 1.807) is 24.3 Å². The van der Waals surface area contributed by atoms with Crippen molar-refractivity contribution in [1.82, 2.24) is 0 Å². The van der Waals surface area contributed by atoms with E-state index >= 15 is 0 Å². The summed E-state index contributed by atoms with van der Waals surface area (Å²) in [6, 6.07) is 10.2. The van der Waals surface area contributed by atoms with Gasteiger partial charge in [-0.05, 0) is 49.4 Å². The lowest BCUT2D eigenvalue weighted by Crippen LogP contribution is -2.24. The maximum atomic E-state index is 12.5. The zero-order valence-corrected chi connectivity index (χ0v) is 17.2. The maximum absolute atomic E-state index is 12.5. The van der Waals surface area contributed by atoms with Gasteiger partial charge in [0.1, 0.15) is 16.5 Å². The van der Waals surface area contributed by atoms with Crippen LogP contribution in [0.1, 0.15) is 6.92 Å². The number of rotatable bonds is 4. The quantitative estimate of drug-likeness (QED) is 0.705. The highest BCUT2D eigenvalue weighted by atomic mass is 79.9. The first-order chi connectivity index (χ1) is 12.6. The van der Waals surface area contributed by atoms with E-state index in [2.05, 4.69) is 31.0 Å². The van der Waals surface area contributed by atoms with Gasteiger partial charge in [0.15, 0.2) is 9.84 Å². The van der Waals surface area contributed by atoms with E-state index in [1.807, 2.05) is 0 Å². The molecule has 2 N–H and O–H groups in total. The lowest BCUT2D eigenvalue weighted by molar-refractivity contribution is -0.113. The van der Waals surface area contributed by atoms with Crippen LogP contribution in [0.15, 0.2) is 61.1 Å². The third-order valence-electron chi connectivity index (χ3n) is 3.61. The molecule has 0 fully saturated rings. The Morgan fingerprint density at radius 2 is 1.85 bits per heavy atom. The number of sulfonamides is 1. The summed E-state index contributed by atoms with van der Waals surface area (Å²) >= 11 is 3.26. The molecule has 0 unspecified atom stereocenters. The molecule has 0 aliphatic carbocycles. The fourth-order valence-corrected chi connectivity index (χ4v) is 5.12. The number of fused-ring (bicyclic) bond motifs is 1. The van der Waals surface area contributed by atoms with Crippen LogP contribution in [-0.4, -0.2) is 34.3 Å². The molecule has 0 spiro atoms. The van der Waals surface area contributed by atoms with E-state index < -0.39 is 31.5 Å². The van der Waals surface area contributed by atoms with Gasteiger partial charge in [-0.1, -0.05) is 15.9 Å². The Kier molecular flexibility index (Phi) is 5.10. The van der Waals surface area contributed by atoms with Crippen molar-refractivity contribution in [3.63, 3.8) is 0 Å². The largest absolute Gasteiger partial charge is 0.342 e. The number of carbonyl (C=O) groups excluding carboxylic acids is 1. The predicted octanol–water partition coefficient (Wildman–Crippen LogP) is 2.39. The van der Waals surface area contributed by atoms with E-state index in [-0.39, 0.29) is 21.3 Å². The van der Waals surface area contributed by atoms with Gasteiger partial charge in [-0.15, -0.1) is 4.40 Å². The molecule has 1 heterocycles. The first-order valence-electron chi connectivity index (χ1n) is 7.58. The highest BCUT2D eigenvalue weighted by molar-refractivity contribution is 9.10. The average Bonchev–Trinajstić information content (AvgIpc) is 2.55. The van der Waals surface area contributed by atoms with Crippen LogP contribution in [0.25, 0.3) is 0 Å². The van der Waals surface area contributed by atoms with Gasteiger partial charge in [0.25, 0.3) is 10.0 Å². The van der Waals surface area contributed by atoms with Gasteiger partial charge in [0, 0.05) is 10.2 Å². The summed E-state index contributed by atoms with van der Waals surface area (Å²) in [5.74, 6) is -1.37. The second kappa shape index (κ2) is 7.06. The van der Waals surface area contributed by atoms with Gasteiger partial charge < -0.3 is 10.6 Å². The normalized spacial score (nSPS) is 15.3. The summed E-state index contributed by atoms with van der Waals surface area (Å²) < 4.78 is 53.7. The van der Waals surface area contributed by atoms with Crippen molar-refractivity contribution < 1.29 is 21.6 Å². The van der Waals surface area contributed by atoms with Crippen molar-refractivity contribution in [2.45, 2.75) is 16.7 Å². The van der Waals surface area contributed by atoms with E-state index in [4.69, 9.17) is 0 Å². The lowest BCUT2D eigenvalue weighted by atomic mass is 10.3. The molecule has 0 bridgehead atoms. The van der Waals surface area contributed by atoms with Crippen LogP contribution in [0.5, 0.6) is 0 Å². The van der Waals surface area contributed by atoms with E-state index in [9.17, 15) is 21.6 Å². The minimum absolute atomic E-state index is 0.187. The Labute approximate surface area is 164 Å². The number of amides is 1. The molecular formula is C16H14BrN3O5S2. The van der Waals surface area contributed by atoms with Crippen LogP contribution < -0.4 is 10.6 Å². The average molecular weight is 472 g/mol. The maximum Gasteiger partial charge on any atom is 0.286 e. The second-order valence-electron chi connectivity index (χ2n) is 5.75. The van der Waals surface area contributed by atoms with Crippen molar-refractivity contribution in [3.05, 3.63) is 46.9 Å². The van der Waals surface area contributed by atoms with E-state index in [1.165, 1.54) is 19.1 Å². The molecular weight excluding hydrogens is 458 g/mol. The standard InChI is InChI=1S/C16H14BrN3O5S2/c1-10-18-14-7-6-13(8-15(14)27(24,25)20-10)26(22,23)9-16(21)19-12-4-2-11(17)3-5-12/h2-8H,9H2,1H3,(H,18,20)(H,19,21). The fraction of sp³-hybridized carbons (Fsp3) is 0.125. The van der Waals surface area contributed by atoms with Crippen molar-refractivity contribution in [2.75, 3.05) is 16.4 Å². The number of nitrogens with zero attached hydrogens (tertiary/aromatic N) is 1. The highest BCUT2D eigenvalue weighted by Gasteiger charge is 2.27. The van der Waals surface area contributed by atoms with E-state index in [0.717, 1.165) is 10.5 Å². The number of amidine groups is 1. The van der Waals surface area contributed by atoms with Crippen molar-refractivity contribution in [3.8, 4) is 0 Å². The van der Waals surface area contributed by atoms with Gasteiger partial charge in [0.2, 0.25) is 5.91 Å². The molecule has 27 heavy (non-hydrogen) atoms. The smallest absolute Gasteiger partial charge is 0.286 e. The van der Waals surface area contributed by atoms with Gasteiger partial charge in [0.05, 0.1) is 10.6 Å². The van der Waals surface area contributed by atoms with Gasteiger partial charge in [-0.3, -0.25) is 4.79 Å². The Morgan fingerprint density at radius 3 is 2.52 bits per heavy atom. The molecule has 142 valence electrons. The number of carbonyl (C=O) groups is 1. The van der Waals surface area contributed by atoms with Crippen LogP contribution in [0.4, 0.5) is 11.4 Å². The van der Waals surface area contributed by atoms with E-state index in [0.29, 0.717) is 5.69 Å². The summed E-state index contributed by atoms with van der Waals surface area (Å²) in [6.45, 7) is 1.48. The first-order valence-corrected chi connectivity index (χ1v) is 11.5. The SMILES string of the molecule is CC1=NS(=O)(=O)c2cc(S(=O)(=O)CC(=O)Nc3ccc(Br)cc3)ccc2N1. The summed E-state index contributed by atoms with van der Waals surface area (Å²) in [4.78, 5) is 11.6. The second-order valence-corrected chi connectivity index (χ2v) is 10.2. The molecule has 0 atom stereocenters. The summed E-state index contributed by atoms with van der Waals surface area (Å²) in [7, 11) is -8.05. The summed E-state index contributed by atoms with van der Waals surface area (Å²) in [5, 5.41) is 5.25. The van der Waals surface area contributed by atoms with Crippen LogP contribution in [0, 0.1) is 0 Å². The molecule has 2 aromatic rings. The monoisotopic (exact) mass is 471 g/mol. The molecule has 0 saturated heterocycles. The number of sulfone groups is 1. The fourth-order valence-electron chi connectivity index (χ4n) is 2.45. The van der Waals surface area contributed by atoms with Crippen LogP contribution in [0.2, 0.25) is 0 Å². The number of anilines is 2. The molecule has 1 aliphatic heterocycles. The first kappa shape index (κ1) is 19.5. The van der Waals surface area contributed by atoms with Gasteiger partial charge >= 0.3 is 0 Å². The number of hydrogen-bond acceptors (Lipinski definition) is 6. The number of nitrogens with one attached hydrogen (secondary N) is 2. The molecule has 0 saturated carbocycles. The Balaban J connectivity index is 1.84. The van der Waals surface area contributed by atoms with Crippen molar-refractivity contribution in [2.24, 2.45) is 4.40 Å². The zero-order valence-electron chi connectivity index (χ0n) is 13.9. The lowest BCUT2D eigenvalue weighted by Gasteiger charge is -2.16. The molecule has 1 amide bonds. The van der Waals surface area contributed by atoms with Gasteiger partial charge in [-0.2, -0.15) is 8.42 Å². The molecule has 8 nitrogen and oxygen atoms in total. The topological polar surface area (TPSA) is 122 Å². The molecule has 0 radical (unpaired) electrons. The number of halogens is 1. The molecule has 3 rings (SSSR count). The minimum Gasteiger partial charge on any atom is -0.342 e. The van der Waals surface area contributed by atoms with Crippen LogP contribution >= 0.6 is 15.9 Å². The molecule has 1 aliphatic rings. The molecule has 11 heteroatoms. The molecule has 2 aromatic carbocycles. The van der Waals surface area contributed by atoms with Crippen LogP contribution in [-0.2, 0) is 24.7 Å². The third-order valence-corrected chi connectivity index (χ3v) is 7.16. The van der Waals surface area contributed by atoms with Crippen LogP contribution in [0.3, 0.4) is 0 Å². The Bertz CT molecular complexity index is 1160.